The first kappa shape index (κ1) is 25.6. The van der Waals surface area contributed by atoms with E-state index in [0.29, 0.717) is 12.8 Å². The van der Waals surface area contributed by atoms with Gasteiger partial charge in [-0.2, -0.15) is 0 Å². The van der Waals surface area contributed by atoms with Gasteiger partial charge in [-0.05, 0) is 37.5 Å². The van der Waals surface area contributed by atoms with Crippen LogP contribution < -0.4 is 10.2 Å². The Hall–Kier alpha value is -0.372. The van der Waals surface area contributed by atoms with E-state index < -0.39 is 11.9 Å². The fourth-order valence-electron chi connectivity index (χ4n) is 1.88. The molecule has 0 aromatic heterocycles. The molecule has 0 radical (unpaired) electrons. The quantitative estimate of drug-likeness (QED) is 0.541. The molecule has 4 nitrogen and oxygen atoms in total. The minimum absolute atomic E-state index is 0. The van der Waals surface area contributed by atoms with E-state index in [9.17, 15) is 19.8 Å². The summed E-state index contributed by atoms with van der Waals surface area (Å²) in [5.41, 5.74) is 0. The summed E-state index contributed by atoms with van der Waals surface area (Å²) in [4.78, 5) is 20.7. The molecule has 0 aliphatic rings. The summed E-state index contributed by atoms with van der Waals surface area (Å²) < 4.78 is 0. The predicted octanol–water partition coefficient (Wildman–Crippen LogP) is 1.90. The van der Waals surface area contributed by atoms with Crippen molar-refractivity contribution >= 4 is 11.9 Å². The number of hydrogen-bond donors (Lipinski definition) is 0. The molecule has 21 heavy (non-hydrogen) atoms. The van der Waals surface area contributed by atoms with Gasteiger partial charge in [-0.1, -0.05) is 53.4 Å². The van der Waals surface area contributed by atoms with Crippen LogP contribution >= 0.6 is 0 Å². The molecule has 0 amide bonds. The van der Waals surface area contributed by atoms with Crippen LogP contribution in [0.15, 0.2) is 0 Å². The zero-order valence-corrected chi connectivity index (χ0v) is 15.9. The van der Waals surface area contributed by atoms with Crippen molar-refractivity contribution in [1.82, 2.24) is 0 Å². The Bertz CT molecular complexity index is 231. The zero-order chi connectivity index (χ0) is 16.0. The average Bonchev–Trinajstić information content (AvgIpc) is 2.40. The molecule has 0 heterocycles. The molecule has 0 saturated carbocycles. The molecule has 0 N–H and O–H groups in total. The van der Waals surface area contributed by atoms with E-state index in [4.69, 9.17) is 0 Å². The van der Waals surface area contributed by atoms with Crippen molar-refractivity contribution in [3.05, 3.63) is 0 Å². The number of unbranched alkanes of at least 4 members (excludes halogenated alkanes) is 2. The molecule has 5 heteroatoms. The van der Waals surface area contributed by atoms with Gasteiger partial charge in [0, 0.05) is 11.9 Å². The molecule has 0 saturated heterocycles. The molecular weight excluding hydrogens is 352 g/mol. The van der Waals surface area contributed by atoms with Crippen LogP contribution in [0, 0.1) is 11.8 Å². The van der Waals surface area contributed by atoms with Gasteiger partial charge >= 0.3 is 21.1 Å². The Labute approximate surface area is 144 Å². The van der Waals surface area contributed by atoms with E-state index >= 15 is 0 Å². The van der Waals surface area contributed by atoms with Crippen LogP contribution in [0.2, 0.25) is 0 Å². The van der Waals surface area contributed by atoms with Crippen molar-refractivity contribution in [1.29, 1.82) is 0 Å². The number of rotatable bonds is 10. The molecule has 0 aromatic carbocycles. The van der Waals surface area contributed by atoms with Gasteiger partial charge in [0.05, 0.1) is 0 Å². The van der Waals surface area contributed by atoms with Gasteiger partial charge in [0.1, 0.15) is 0 Å². The van der Waals surface area contributed by atoms with Gasteiger partial charge in [-0.25, -0.2) is 0 Å². The number of aliphatic carboxylic acids is 2. The third kappa shape index (κ3) is 15.8. The largest absolute Gasteiger partial charge is 2.00 e. The maximum Gasteiger partial charge on any atom is 2.00 e. The monoisotopic (exact) mass is 384 g/mol. The van der Waals surface area contributed by atoms with Crippen LogP contribution in [0.4, 0.5) is 0 Å². The van der Waals surface area contributed by atoms with Gasteiger partial charge < -0.3 is 19.8 Å². The second-order valence-corrected chi connectivity index (χ2v) is 5.13. The Morgan fingerprint density at radius 1 is 0.762 bits per heavy atom. The molecule has 0 spiro atoms. The van der Waals surface area contributed by atoms with Gasteiger partial charge in [0.25, 0.3) is 0 Å². The van der Waals surface area contributed by atoms with Gasteiger partial charge in [-0.3, -0.25) is 0 Å². The standard InChI is InChI=1S/2C8H16O2.Mo/c2*1-3-5-6-7(4-2)8(9)10;/h2*7H,3-6H2,1-2H3,(H,9,10);/q;;+2/p-2. The molecular formula is C16H30MoO4. The molecule has 0 aliphatic heterocycles. The maximum atomic E-state index is 10.3. The van der Waals surface area contributed by atoms with E-state index in [1.165, 1.54) is 0 Å². The number of carbonyl (C=O) groups excluding carboxylic acids is 2. The fraction of sp³-hybridized carbons (Fsp3) is 0.875. The van der Waals surface area contributed by atoms with Crippen molar-refractivity contribution in [2.24, 2.45) is 11.8 Å². The first-order chi connectivity index (χ1) is 9.44. The van der Waals surface area contributed by atoms with Crippen molar-refractivity contribution < 1.29 is 40.9 Å². The summed E-state index contributed by atoms with van der Waals surface area (Å²) in [6, 6.07) is 0. The zero-order valence-electron chi connectivity index (χ0n) is 13.9. The average molecular weight is 382 g/mol. The normalized spacial score (nSPS) is 12.4. The van der Waals surface area contributed by atoms with Crippen molar-refractivity contribution in [2.45, 2.75) is 79.1 Å². The Morgan fingerprint density at radius 2 is 1.05 bits per heavy atom. The molecule has 124 valence electrons. The second kappa shape index (κ2) is 17.7. The van der Waals surface area contributed by atoms with Crippen LogP contribution in [0.5, 0.6) is 0 Å². The molecule has 2 unspecified atom stereocenters. The maximum absolute atomic E-state index is 10.3. The van der Waals surface area contributed by atoms with Gasteiger partial charge in [0.2, 0.25) is 0 Å². The summed E-state index contributed by atoms with van der Waals surface area (Å²) >= 11 is 0. The smallest absolute Gasteiger partial charge is 0.550 e. The summed E-state index contributed by atoms with van der Waals surface area (Å²) in [5.74, 6) is -2.23. The minimum Gasteiger partial charge on any atom is -0.550 e. The summed E-state index contributed by atoms with van der Waals surface area (Å²) in [5, 5.41) is 20.7. The van der Waals surface area contributed by atoms with E-state index in [1.54, 1.807) is 0 Å². The molecule has 0 bridgehead atoms. The number of carboxylic acids is 2. The SMILES string of the molecule is CCCCC(CC)C(=O)[O-].CCCCC(CC)C(=O)[O-].[Mo+2]. The Morgan fingerprint density at radius 3 is 1.19 bits per heavy atom. The number of carboxylic acid groups (broad SMARTS) is 2. The van der Waals surface area contributed by atoms with Crippen molar-refractivity contribution in [3.63, 3.8) is 0 Å². The number of hydrogen-bond acceptors (Lipinski definition) is 4. The van der Waals surface area contributed by atoms with Gasteiger partial charge in [0.15, 0.2) is 0 Å². The van der Waals surface area contributed by atoms with E-state index in [1.807, 2.05) is 13.8 Å². The predicted molar refractivity (Wildman–Crippen MR) is 76.6 cm³/mol. The van der Waals surface area contributed by atoms with Crippen molar-refractivity contribution in [3.8, 4) is 0 Å². The molecule has 0 aromatic rings. The van der Waals surface area contributed by atoms with Crippen LogP contribution in [0.25, 0.3) is 0 Å². The first-order valence-corrected chi connectivity index (χ1v) is 7.86. The number of carbonyl (C=O) groups is 2. The molecule has 0 fully saturated rings. The van der Waals surface area contributed by atoms with Gasteiger partial charge in [-0.15, -0.1) is 0 Å². The third-order valence-corrected chi connectivity index (χ3v) is 3.46. The van der Waals surface area contributed by atoms with Crippen LogP contribution in [0.1, 0.15) is 79.1 Å². The Kier molecular flexibility index (Phi) is 21.5. The molecule has 0 aliphatic carbocycles. The molecule has 2 atom stereocenters. The van der Waals surface area contributed by atoms with E-state index in [2.05, 4.69) is 13.8 Å². The van der Waals surface area contributed by atoms with E-state index in [0.717, 1.165) is 38.5 Å². The fourth-order valence-corrected chi connectivity index (χ4v) is 1.88. The second-order valence-electron chi connectivity index (χ2n) is 5.13. The van der Waals surface area contributed by atoms with Crippen LogP contribution in [-0.4, -0.2) is 11.9 Å². The summed E-state index contributed by atoms with van der Waals surface area (Å²) in [7, 11) is 0. The first-order valence-electron chi connectivity index (χ1n) is 7.86. The van der Waals surface area contributed by atoms with Crippen LogP contribution in [0.3, 0.4) is 0 Å². The Balaban J connectivity index is -0.000000295. The topological polar surface area (TPSA) is 80.3 Å². The third-order valence-electron chi connectivity index (χ3n) is 3.46. The van der Waals surface area contributed by atoms with Crippen molar-refractivity contribution in [2.75, 3.05) is 0 Å². The van der Waals surface area contributed by atoms with Crippen LogP contribution in [-0.2, 0) is 30.7 Å². The summed E-state index contributed by atoms with van der Waals surface area (Å²) in [6.07, 6.45) is 7.04. The minimum atomic E-state index is -0.893. The summed E-state index contributed by atoms with van der Waals surface area (Å²) in [6.45, 7) is 7.89. The van der Waals surface area contributed by atoms with E-state index in [-0.39, 0.29) is 32.9 Å². The molecule has 0 rings (SSSR count).